The highest BCUT2D eigenvalue weighted by atomic mass is 19.1. The molecule has 0 aliphatic rings. The maximum atomic E-state index is 13.4. The fraction of sp³-hybridized carbons (Fsp3) is 0.118. The fourth-order valence-corrected chi connectivity index (χ4v) is 1.83. The van der Waals surface area contributed by atoms with E-state index < -0.39 is 17.6 Å². The molecule has 23 heavy (non-hydrogen) atoms. The molecule has 0 bridgehead atoms. The van der Waals surface area contributed by atoms with Crippen LogP contribution < -0.4 is 10.7 Å². The smallest absolute Gasteiger partial charge is 0.259 e. The highest BCUT2D eigenvalue weighted by molar-refractivity contribution is 6.00. The summed E-state index contributed by atoms with van der Waals surface area (Å²) in [7, 11) is 0. The van der Waals surface area contributed by atoms with Crippen LogP contribution >= 0.6 is 0 Å². The average Bonchev–Trinajstić information content (AvgIpc) is 2.58. The number of hydrazone groups is 1. The van der Waals surface area contributed by atoms with E-state index in [0.717, 1.165) is 5.56 Å². The van der Waals surface area contributed by atoms with Crippen molar-refractivity contribution in [1.29, 1.82) is 0 Å². The van der Waals surface area contributed by atoms with E-state index in [0.29, 0.717) is 5.71 Å². The molecular formula is C17H16FN3O2. The Bertz CT molecular complexity index is 730. The topological polar surface area (TPSA) is 70.6 Å². The highest BCUT2D eigenvalue weighted by Crippen LogP contribution is 2.05. The minimum absolute atomic E-state index is 0.107. The van der Waals surface area contributed by atoms with E-state index in [2.05, 4.69) is 15.8 Å². The lowest BCUT2D eigenvalue weighted by Crippen LogP contribution is -2.35. The number of carbonyl (C=O) groups excluding carboxylic acids is 2. The molecule has 0 saturated heterocycles. The van der Waals surface area contributed by atoms with Gasteiger partial charge in [0.2, 0.25) is 0 Å². The molecule has 2 aromatic rings. The van der Waals surface area contributed by atoms with Crippen LogP contribution in [-0.4, -0.2) is 24.1 Å². The number of nitrogens with zero attached hydrogens (tertiary/aromatic N) is 1. The van der Waals surface area contributed by atoms with Crippen molar-refractivity contribution in [2.75, 3.05) is 6.54 Å². The lowest BCUT2D eigenvalue weighted by Gasteiger charge is -2.06. The summed E-state index contributed by atoms with van der Waals surface area (Å²) in [6.45, 7) is 1.46. The summed E-state index contributed by atoms with van der Waals surface area (Å²) in [5.74, 6) is -1.78. The Morgan fingerprint density at radius 1 is 1.04 bits per heavy atom. The van der Waals surface area contributed by atoms with Crippen molar-refractivity contribution in [2.45, 2.75) is 6.92 Å². The normalized spacial score (nSPS) is 11.0. The van der Waals surface area contributed by atoms with Crippen molar-refractivity contribution < 1.29 is 14.0 Å². The van der Waals surface area contributed by atoms with Crippen molar-refractivity contribution in [3.63, 3.8) is 0 Å². The lowest BCUT2D eigenvalue weighted by atomic mass is 10.1. The van der Waals surface area contributed by atoms with Gasteiger partial charge in [-0.05, 0) is 24.6 Å². The zero-order chi connectivity index (χ0) is 16.7. The minimum Gasteiger partial charge on any atom is -0.343 e. The molecule has 2 rings (SSSR count). The summed E-state index contributed by atoms with van der Waals surface area (Å²) < 4.78 is 13.4. The number of carbonyl (C=O) groups is 2. The standard InChI is InChI=1S/C17H16FN3O2/c1-12(13-7-3-2-4-8-13)20-21-16(22)11-19-17(23)14-9-5-6-10-15(14)18/h2-10H,11H2,1H3,(H,19,23)(H,21,22)/b20-12-. The Balaban J connectivity index is 1.86. The summed E-state index contributed by atoms with van der Waals surface area (Å²) in [6.07, 6.45) is 0. The van der Waals surface area contributed by atoms with Crippen molar-refractivity contribution in [3.8, 4) is 0 Å². The molecule has 0 heterocycles. The van der Waals surface area contributed by atoms with Crippen LogP contribution in [0.1, 0.15) is 22.8 Å². The first kappa shape index (κ1) is 16.4. The molecule has 0 saturated carbocycles. The predicted octanol–water partition coefficient (Wildman–Crippen LogP) is 2.10. The van der Waals surface area contributed by atoms with Crippen LogP contribution in [0.5, 0.6) is 0 Å². The molecule has 0 aliphatic heterocycles. The van der Waals surface area contributed by atoms with E-state index in [1.165, 1.54) is 18.2 Å². The molecule has 0 fully saturated rings. The van der Waals surface area contributed by atoms with Crippen molar-refractivity contribution in [2.24, 2.45) is 5.10 Å². The fourth-order valence-electron chi connectivity index (χ4n) is 1.83. The van der Waals surface area contributed by atoms with Crippen molar-refractivity contribution in [3.05, 3.63) is 71.5 Å². The number of hydrogen-bond donors (Lipinski definition) is 2. The van der Waals surface area contributed by atoms with Crippen molar-refractivity contribution >= 4 is 17.5 Å². The molecule has 5 nitrogen and oxygen atoms in total. The van der Waals surface area contributed by atoms with Gasteiger partial charge in [-0.2, -0.15) is 5.10 Å². The first-order valence-corrected chi connectivity index (χ1v) is 6.99. The Morgan fingerprint density at radius 3 is 2.39 bits per heavy atom. The molecule has 2 amide bonds. The first-order valence-electron chi connectivity index (χ1n) is 6.99. The summed E-state index contributed by atoms with van der Waals surface area (Å²) in [4.78, 5) is 23.4. The van der Waals surface area contributed by atoms with Gasteiger partial charge in [0.05, 0.1) is 17.8 Å². The van der Waals surface area contributed by atoms with Crippen LogP contribution in [-0.2, 0) is 4.79 Å². The van der Waals surface area contributed by atoms with Gasteiger partial charge in [-0.25, -0.2) is 9.82 Å². The Labute approximate surface area is 133 Å². The van der Waals surface area contributed by atoms with Crippen LogP contribution in [0.15, 0.2) is 59.7 Å². The molecule has 0 radical (unpaired) electrons. The first-order chi connectivity index (χ1) is 11.1. The maximum Gasteiger partial charge on any atom is 0.259 e. The number of rotatable bonds is 5. The number of amides is 2. The van der Waals surface area contributed by atoms with Gasteiger partial charge < -0.3 is 5.32 Å². The van der Waals surface area contributed by atoms with Crippen LogP contribution in [0.25, 0.3) is 0 Å². The molecule has 2 N–H and O–H groups in total. The van der Waals surface area contributed by atoms with Gasteiger partial charge in [0, 0.05) is 0 Å². The second-order valence-corrected chi connectivity index (χ2v) is 4.76. The monoisotopic (exact) mass is 313 g/mol. The largest absolute Gasteiger partial charge is 0.343 e. The van der Waals surface area contributed by atoms with Crippen LogP contribution in [0.3, 0.4) is 0 Å². The molecule has 0 unspecified atom stereocenters. The van der Waals surface area contributed by atoms with E-state index in [1.54, 1.807) is 13.0 Å². The molecule has 0 aliphatic carbocycles. The number of nitrogens with one attached hydrogen (secondary N) is 2. The third kappa shape index (κ3) is 4.74. The minimum atomic E-state index is -0.651. The van der Waals surface area contributed by atoms with Gasteiger partial charge >= 0.3 is 0 Å². The quantitative estimate of drug-likeness (QED) is 0.655. The average molecular weight is 313 g/mol. The van der Waals surface area contributed by atoms with Crippen LogP contribution in [0.2, 0.25) is 0 Å². The molecule has 0 atom stereocenters. The second kappa shape index (κ2) is 7.84. The van der Waals surface area contributed by atoms with Crippen LogP contribution in [0.4, 0.5) is 4.39 Å². The summed E-state index contributed by atoms with van der Waals surface area (Å²) in [5, 5.41) is 6.30. The van der Waals surface area contributed by atoms with Gasteiger partial charge in [0.25, 0.3) is 11.8 Å². The zero-order valence-corrected chi connectivity index (χ0v) is 12.5. The maximum absolute atomic E-state index is 13.4. The molecular weight excluding hydrogens is 297 g/mol. The third-order valence-electron chi connectivity index (χ3n) is 3.07. The SMILES string of the molecule is C/C(=N/NC(=O)CNC(=O)c1ccccc1F)c1ccccc1. The van der Waals surface area contributed by atoms with Crippen LogP contribution in [0, 0.1) is 5.82 Å². The lowest BCUT2D eigenvalue weighted by molar-refractivity contribution is -0.120. The Kier molecular flexibility index (Phi) is 5.57. The zero-order valence-electron chi connectivity index (χ0n) is 12.5. The van der Waals surface area contributed by atoms with E-state index in [-0.39, 0.29) is 12.1 Å². The van der Waals surface area contributed by atoms with E-state index in [4.69, 9.17) is 0 Å². The molecule has 0 aromatic heterocycles. The number of hydrogen-bond acceptors (Lipinski definition) is 3. The Morgan fingerprint density at radius 2 is 1.70 bits per heavy atom. The van der Waals surface area contributed by atoms with Gasteiger partial charge in [0.15, 0.2) is 0 Å². The second-order valence-electron chi connectivity index (χ2n) is 4.76. The molecule has 118 valence electrons. The van der Waals surface area contributed by atoms with Gasteiger partial charge in [0.1, 0.15) is 5.82 Å². The number of benzene rings is 2. The third-order valence-corrected chi connectivity index (χ3v) is 3.07. The van der Waals surface area contributed by atoms with E-state index >= 15 is 0 Å². The van der Waals surface area contributed by atoms with E-state index in [9.17, 15) is 14.0 Å². The Hall–Kier alpha value is -3.02. The summed E-state index contributed by atoms with van der Waals surface area (Å²) in [6, 6.07) is 14.9. The molecule has 6 heteroatoms. The highest BCUT2D eigenvalue weighted by Gasteiger charge is 2.11. The van der Waals surface area contributed by atoms with Crippen molar-refractivity contribution in [1.82, 2.24) is 10.7 Å². The summed E-state index contributed by atoms with van der Waals surface area (Å²) >= 11 is 0. The van der Waals surface area contributed by atoms with Gasteiger partial charge in [-0.15, -0.1) is 0 Å². The van der Waals surface area contributed by atoms with E-state index in [1.807, 2.05) is 30.3 Å². The molecule has 2 aromatic carbocycles. The molecule has 0 spiro atoms. The summed E-state index contributed by atoms with van der Waals surface area (Å²) in [5.41, 5.74) is 3.75. The van der Waals surface area contributed by atoms with Gasteiger partial charge in [-0.1, -0.05) is 42.5 Å². The number of halogens is 1. The predicted molar refractivity (Wildman–Crippen MR) is 85.5 cm³/mol. The van der Waals surface area contributed by atoms with Gasteiger partial charge in [-0.3, -0.25) is 9.59 Å².